The molecule has 1 saturated heterocycles. The second-order valence-electron chi connectivity index (χ2n) is 8.39. The molecule has 5 heterocycles. The molecule has 0 spiro atoms. The molecule has 0 saturated carbocycles. The van der Waals surface area contributed by atoms with Crippen molar-refractivity contribution in [3.05, 3.63) is 59.0 Å². The highest BCUT2D eigenvalue weighted by Crippen LogP contribution is 2.35. The smallest absolute Gasteiger partial charge is 0.263 e. The van der Waals surface area contributed by atoms with E-state index in [0.29, 0.717) is 38.3 Å². The molecule has 6 rings (SSSR count). The summed E-state index contributed by atoms with van der Waals surface area (Å²) in [4.78, 5) is 35.0. The summed E-state index contributed by atoms with van der Waals surface area (Å²) in [5, 5.41) is 24.3. The maximum atomic E-state index is 13.6. The molecule has 1 aliphatic rings. The minimum Gasteiger partial charge on any atom is -0.382 e. The number of ether oxygens (including phenoxy) is 1. The van der Waals surface area contributed by atoms with Crippen LogP contribution in [0.2, 0.25) is 0 Å². The maximum Gasteiger partial charge on any atom is 0.263 e. The summed E-state index contributed by atoms with van der Waals surface area (Å²) >= 11 is 1.10. The molecule has 13 nitrogen and oxygen atoms in total. The van der Waals surface area contributed by atoms with Crippen LogP contribution in [-0.2, 0) is 9.53 Å². The largest absolute Gasteiger partial charge is 0.382 e. The molecule has 14 heteroatoms. The number of anilines is 2. The minimum absolute atomic E-state index is 0.0876. The van der Waals surface area contributed by atoms with E-state index < -0.39 is 23.2 Å². The molecule has 36 heavy (non-hydrogen) atoms. The minimum atomic E-state index is -1.72. The fourth-order valence-corrected chi connectivity index (χ4v) is 5.12. The number of carbonyl (C=O) groups is 1. The molecular weight excluding hydrogens is 486 g/mol. The van der Waals surface area contributed by atoms with Gasteiger partial charge in [-0.1, -0.05) is 0 Å². The van der Waals surface area contributed by atoms with Gasteiger partial charge in [0.2, 0.25) is 0 Å². The van der Waals surface area contributed by atoms with Crippen LogP contribution < -0.4 is 16.2 Å². The molecule has 4 aromatic heterocycles. The van der Waals surface area contributed by atoms with E-state index in [1.54, 1.807) is 41.3 Å². The van der Waals surface area contributed by atoms with Gasteiger partial charge in [0.15, 0.2) is 11.4 Å². The first-order valence-electron chi connectivity index (χ1n) is 10.9. The number of fused-ring (bicyclic) bond motifs is 3. The average molecular weight is 506 g/mol. The van der Waals surface area contributed by atoms with E-state index >= 15 is 0 Å². The number of hydrogen-bond donors (Lipinski definition) is 3. The molecule has 1 aliphatic heterocycles. The molecule has 0 bridgehead atoms. The van der Waals surface area contributed by atoms with E-state index in [2.05, 4.69) is 29.6 Å². The lowest BCUT2D eigenvalue weighted by Crippen LogP contribution is -2.58. The Labute approximate surface area is 206 Å². The predicted molar refractivity (Wildman–Crippen MR) is 131 cm³/mol. The van der Waals surface area contributed by atoms with Crippen LogP contribution in [0.15, 0.2) is 47.7 Å². The van der Waals surface area contributed by atoms with Gasteiger partial charge in [0.25, 0.3) is 11.5 Å². The first-order valence-corrected chi connectivity index (χ1v) is 11.7. The molecular formula is C22H19N9O4S. The van der Waals surface area contributed by atoms with Crippen molar-refractivity contribution in [2.45, 2.75) is 18.6 Å². The van der Waals surface area contributed by atoms with E-state index in [-0.39, 0.29) is 19.0 Å². The van der Waals surface area contributed by atoms with Crippen LogP contribution in [0.1, 0.15) is 18.9 Å². The van der Waals surface area contributed by atoms with E-state index in [0.717, 1.165) is 11.5 Å². The number of nitrogens with two attached hydrogens (primary N) is 1. The molecule has 1 fully saturated rings. The topological polar surface area (TPSA) is 178 Å². The number of aliphatic hydroxyl groups is 1. The summed E-state index contributed by atoms with van der Waals surface area (Å²) in [5.41, 5.74) is 4.70. The van der Waals surface area contributed by atoms with Crippen molar-refractivity contribution in [1.82, 2.24) is 34.3 Å². The standard InChI is InChI=1S/C22H19N9O4S/c1-22(17(32)19-26-13-3-2-12-16(36-29-18(12)23)15(13)20(33)27-19)21(34)30(8-9-35-22)14-5-7-31(28-14)11-4-6-24-25-10-11/h2-7,10,17,32H,8-9H2,1H3,(H2,23,29)(H,26,27,33)/t17-,22+/m0/s1. The summed E-state index contributed by atoms with van der Waals surface area (Å²) in [6.45, 7) is 1.84. The lowest BCUT2D eigenvalue weighted by Gasteiger charge is -2.40. The van der Waals surface area contributed by atoms with E-state index in [4.69, 9.17) is 10.5 Å². The first-order chi connectivity index (χ1) is 17.4. The van der Waals surface area contributed by atoms with Gasteiger partial charge in [0, 0.05) is 17.6 Å². The third-order valence-corrected chi connectivity index (χ3v) is 7.10. The van der Waals surface area contributed by atoms with Gasteiger partial charge in [0.1, 0.15) is 17.7 Å². The van der Waals surface area contributed by atoms with Crippen molar-refractivity contribution in [2.75, 3.05) is 23.8 Å². The number of aromatic amines is 1. The highest BCUT2D eigenvalue weighted by Gasteiger charge is 2.49. The monoisotopic (exact) mass is 505 g/mol. The second-order valence-corrected chi connectivity index (χ2v) is 9.16. The van der Waals surface area contributed by atoms with Gasteiger partial charge < -0.3 is 20.6 Å². The van der Waals surface area contributed by atoms with Crippen molar-refractivity contribution in [3.63, 3.8) is 0 Å². The number of benzene rings is 1. The number of aliphatic hydroxyl groups excluding tert-OH is 1. The molecule has 1 aromatic carbocycles. The van der Waals surface area contributed by atoms with Gasteiger partial charge in [-0.15, -0.1) is 5.10 Å². The van der Waals surface area contributed by atoms with Gasteiger partial charge >= 0.3 is 0 Å². The van der Waals surface area contributed by atoms with Crippen LogP contribution in [0.3, 0.4) is 0 Å². The van der Waals surface area contributed by atoms with E-state index in [1.165, 1.54) is 18.0 Å². The number of amides is 1. The average Bonchev–Trinajstić information content (AvgIpc) is 3.53. The number of H-pyrrole nitrogens is 1. The quantitative estimate of drug-likeness (QED) is 0.318. The Morgan fingerprint density at radius 3 is 2.92 bits per heavy atom. The zero-order valence-corrected chi connectivity index (χ0v) is 19.6. The summed E-state index contributed by atoms with van der Waals surface area (Å²) < 4.78 is 12.0. The van der Waals surface area contributed by atoms with Crippen LogP contribution in [0.4, 0.5) is 11.6 Å². The van der Waals surface area contributed by atoms with Crippen LogP contribution in [0.25, 0.3) is 26.7 Å². The van der Waals surface area contributed by atoms with E-state index in [1.807, 2.05) is 0 Å². The van der Waals surface area contributed by atoms with Crippen LogP contribution in [0, 0.1) is 0 Å². The Balaban J connectivity index is 1.35. The Hall–Kier alpha value is -4.27. The molecule has 0 radical (unpaired) electrons. The number of aromatic nitrogens is 7. The summed E-state index contributed by atoms with van der Waals surface area (Å²) in [5.74, 6) is 0.101. The van der Waals surface area contributed by atoms with Gasteiger partial charge in [-0.05, 0) is 36.7 Å². The summed E-state index contributed by atoms with van der Waals surface area (Å²) in [7, 11) is 0. The van der Waals surface area contributed by atoms with Crippen molar-refractivity contribution < 1.29 is 14.6 Å². The number of hydrogen-bond acceptors (Lipinski definition) is 11. The Bertz CT molecular complexity index is 1680. The number of nitrogens with one attached hydrogen (secondary N) is 1. The van der Waals surface area contributed by atoms with Gasteiger partial charge in [-0.2, -0.15) is 14.6 Å². The highest BCUT2D eigenvalue weighted by molar-refractivity contribution is 7.14. The first kappa shape index (κ1) is 22.2. The van der Waals surface area contributed by atoms with Gasteiger partial charge in [-0.3, -0.25) is 14.5 Å². The molecule has 2 atom stereocenters. The van der Waals surface area contributed by atoms with Crippen LogP contribution >= 0.6 is 11.5 Å². The zero-order valence-electron chi connectivity index (χ0n) is 18.8. The number of nitrogen functional groups attached to an aromatic ring is 1. The SMILES string of the molecule is C[C@]1([C@@H](O)c2nc3ccc4c(N)nsc4c3c(=O)[nH]2)OCCN(c2ccn(-c3ccnnc3)n2)C1=O. The second kappa shape index (κ2) is 8.15. The van der Waals surface area contributed by atoms with Crippen molar-refractivity contribution in [1.29, 1.82) is 0 Å². The molecule has 0 aliphatic carbocycles. The van der Waals surface area contributed by atoms with Crippen LogP contribution in [0.5, 0.6) is 0 Å². The van der Waals surface area contributed by atoms with Gasteiger partial charge in [0.05, 0.1) is 46.8 Å². The Kier molecular flexibility index (Phi) is 5.03. The number of rotatable bonds is 4. The fraction of sp³-hybridized carbons (Fsp3) is 0.227. The van der Waals surface area contributed by atoms with Gasteiger partial charge in [-0.25, -0.2) is 9.67 Å². The van der Waals surface area contributed by atoms with Crippen molar-refractivity contribution in [2.24, 2.45) is 0 Å². The molecule has 182 valence electrons. The molecule has 1 amide bonds. The predicted octanol–water partition coefficient (Wildman–Crippen LogP) is 0.946. The maximum absolute atomic E-state index is 13.6. The third kappa shape index (κ3) is 3.34. The molecule has 5 aromatic rings. The Morgan fingerprint density at radius 2 is 2.11 bits per heavy atom. The van der Waals surface area contributed by atoms with E-state index in [9.17, 15) is 14.7 Å². The summed E-state index contributed by atoms with van der Waals surface area (Å²) in [6, 6.07) is 6.76. The normalized spacial score (nSPS) is 19.3. The lowest BCUT2D eigenvalue weighted by molar-refractivity contribution is -0.167. The lowest BCUT2D eigenvalue weighted by atomic mass is 9.94. The highest BCUT2D eigenvalue weighted by atomic mass is 32.1. The molecule has 0 unspecified atom stereocenters. The fourth-order valence-electron chi connectivity index (χ4n) is 4.27. The third-order valence-electron chi connectivity index (χ3n) is 6.21. The van der Waals surface area contributed by atoms with Crippen LogP contribution in [-0.4, -0.2) is 64.1 Å². The number of nitrogens with zero attached hydrogens (tertiary/aromatic N) is 7. The number of morpholine rings is 1. The van der Waals surface area contributed by atoms with Crippen molar-refractivity contribution in [3.8, 4) is 5.69 Å². The Morgan fingerprint density at radius 1 is 1.25 bits per heavy atom. The van der Waals surface area contributed by atoms with Crippen molar-refractivity contribution >= 4 is 50.1 Å². The summed E-state index contributed by atoms with van der Waals surface area (Å²) in [6.07, 6.45) is 3.22. The molecule has 4 N–H and O–H groups in total. The number of carbonyl (C=O) groups excluding carboxylic acids is 1. The zero-order chi connectivity index (χ0) is 25.0.